The second kappa shape index (κ2) is 7.19. The molecule has 6 nitrogen and oxygen atoms in total. The molecule has 1 aromatic heterocycles. The molecule has 1 aromatic rings. The average Bonchev–Trinajstić information content (AvgIpc) is 2.49. The minimum atomic E-state index is -0.167. The number of rotatable bonds is 5. The highest BCUT2D eigenvalue weighted by molar-refractivity contribution is 5.92. The van der Waals surface area contributed by atoms with Gasteiger partial charge in [0.2, 0.25) is 0 Å². The van der Waals surface area contributed by atoms with Crippen LogP contribution in [0.2, 0.25) is 0 Å². The Morgan fingerprint density at radius 2 is 2.15 bits per heavy atom. The van der Waals surface area contributed by atoms with E-state index in [1.165, 1.54) is 0 Å². The molecule has 110 valence electrons. The summed E-state index contributed by atoms with van der Waals surface area (Å²) in [5.74, 6) is 0.529. The van der Waals surface area contributed by atoms with E-state index < -0.39 is 0 Å². The number of carbonyl (C=O) groups excluding carboxylic acids is 1. The van der Waals surface area contributed by atoms with E-state index in [1.54, 1.807) is 12.1 Å². The van der Waals surface area contributed by atoms with E-state index in [1.807, 2.05) is 0 Å². The highest BCUT2D eigenvalue weighted by Crippen LogP contribution is 2.09. The van der Waals surface area contributed by atoms with Crippen molar-refractivity contribution >= 4 is 11.7 Å². The maximum absolute atomic E-state index is 12.0. The van der Waals surface area contributed by atoms with Gasteiger partial charge >= 0.3 is 0 Å². The summed E-state index contributed by atoms with van der Waals surface area (Å²) >= 11 is 0. The van der Waals surface area contributed by atoms with Crippen LogP contribution in [0.15, 0.2) is 12.1 Å². The van der Waals surface area contributed by atoms with Crippen LogP contribution < -0.4 is 10.6 Å². The topological polar surface area (TPSA) is 76.1 Å². The first-order chi connectivity index (χ1) is 9.69. The van der Waals surface area contributed by atoms with Crippen LogP contribution in [0, 0.1) is 0 Å². The number of carbonyl (C=O) groups is 1. The van der Waals surface area contributed by atoms with Crippen molar-refractivity contribution in [2.45, 2.75) is 45.2 Å². The number of anilines is 1. The number of hydrogen-bond acceptors (Lipinski definition) is 5. The van der Waals surface area contributed by atoms with Crippen LogP contribution in [0.4, 0.5) is 5.82 Å². The lowest BCUT2D eigenvalue weighted by atomic mass is 10.1. The molecule has 2 rings (SSSR count). The summed E-state index contributed by atoms with van der Waals surface area (Å²) in [7, 11) is 0. The number of nitrogens with one attached hydrogen (secondary N) is 2. The zero-order valence-electron chi connectivity index (χ0n) is 12.1. The molecule has 2 N–H and O–H groups in total. The van der Waals surface area contributed by atoms with Crippen molar-refractivity contribution in [1.82, 2.24) is 15.5 Å². The van der Waals surface area contributed by atoms with Crippen molar-refractivity contribution in [3.63, 3.8) is 0 Å². The fourth-order valence-corrected chi connectivity index (χ4v) is 1.99. The van der Waals surface area contributed by atoms with Gasteiger partial charge in [-0.3, -0.25) is 4.79 Å². The fourth-order valence-electron chi connectivity index (χ4n) is 1.99. The molecule has 0 spiro atoms. The zero-order chi connectivity index (χ0) is 14.4. The molecule has 6 heteroatoms. The molecule has 1 atom stereocenters. The van der Waals surface area contributed by atoms with Crippen molar-refractivity contribution in [1.29, 1.82) is 0 Å². The highest BCUT2D eigenvalue weighted by Gasteiger charge is 2.18. The molecule has 1 aliphatic heterocycles. The minimum absolute atomic E-state index is 0.167. The Morgan fingerprint density at radius 1 is 1.40 bits per heavy atom. The SMILES string of the molecule is CCC(C)Nc1ccc(C(=O)NC2CCOCC2)nn1. The first kappa shape index (κ1) is 14.7. The molecule has 1 aliphatic rings. The van der Waals surface area contributed by atoms with Crippen molar-refractivity contribution in [2.75, 3.05) is 18.5 Å². The van der Waals surface area contributed by atoms with Gasteiger partial charge < -0.3 is 15.4 Å². The molecular formula is C14H22N4O2. The number of nitrogens with zero attached hydrogens (tertiary/aromatic N) is 2. The molecule has 1 amide bonds. The Hall–Kier alpha value is -1.69. The maximum atomic E-state index is 12.0. The number of amides is 1. The van der Waals surface area contributed by atoms with Crippen molar-refractivity contribution in [3.8, 4) is 0 Å². The largest absolute Gasteiger partial charge is 0.381 e. The van der Waals surface area contributed by atoms with Gasteiger partial charge in [-0.25, -0.2) is 0 Å². The first-order valence-corrected chi connectivity index (χ1v) is 7.18. The Bertz CT molecular complexity index is 429. The van der Waals surface area contributed by atoms with Crippen molar-refractivity contribution in [2.24, 2.45) is 0 Å². The average molecular weight is 278 g/mol. The zero-order valence-corrected chi connectivity index (χ0v) is 12.1. The molecule has 1 saturated heterocycles. The third kappa shape index (κ3) is 4.16. The van der Waals surface area contributed by atoms with Crippen LogP contribution in [-0.4, -0.2) is 41.4 Å². The van der Waals surface area contributed by atoms with Crippen LogP contribution in [-0.2, 0) is 4.74 Å². The van der Waals surface area contributed by atoms with Crippen molar-refractivity contribution in [3.05, 3.63) is 17.8 Å². The molecule has 2 heterocycles. The standard InChI is InChI=1S/C14H22N4O2/c1-3-10(2)15-13-5-4-12(17-18-13)14(19)16-11-6-8-20-9-7-11/h4-5,10-11H,3,6-9H2,1-2H3,(H,15,18)(H,16,19). The van der Waals surface area contributed by atoms with Crippen LogP contribution in [0.5, 0.6) is 0 Å². The summed E-state index contributed by atoms with van der Waals surface area (Å²) in [6.07, 6.45) is 2.72. The summed E-state index contributed by atoms with van der Waals surface area (Å²) in [4.78, 5) is 12.0. The Morgan fingerprint density at radius 3 is 2.75 bits per heavy atom. The van der Waals surface area contributed by atoms with Gasteiger partial charge in [0, 0.05) is 25.3 Å². The molecule has 20 heavy (non-hydrogen) atoms. The van der Waals surface area contributed by atoms with Gasteiger partial charge in [0.15, 0.2) is 5.69 Å². The van der Waals surface area contributed by atoms with E-state index in [2.05, 4.69) is 34.7 Å². The van der Waals surface area contributed by atoms with Gasteiger partial charge in [-0.15, -0.1) is 10.2 Å². The lowest BCUT2D eigenvalue weighted by molar-refractivity contribution is 0.0693. The molecule has 0 saturated carbocycles. The molecule has 1 unspecified atom stereocenters. The lowest BCUT2D eigenvalue weighted by Gasteiger charge is -2.22. The van der Waals surface area contributed by atoms with Crippen LogP contribution in [0.3, 0.4) is 0 Å². The smallest absolute Gasteiger partial charge is 0.272 e. The van der Waals surface area contributed by atoms with E-state index in [0.29, 0.717) is 30.8 Å². The fraction of sp³-hybridized carbons (Fsp3) is 0.643. The molecule has 1 fully saturated rings. The molecule has 0 radical (unpaired) electrons. The summed E-state index contributed by atoms with van der Waals surface area (Å²) < 4.78 is 5.26. The van der Waals surface area contributed by atoms with Crippen LogP contribution >= 0.6 is 0 Å². The number of ether oxygens (including phenoxy) is 1. The van der Waals surface area contributed by atoms with Gasteiger partial charge in [0.25, 0.3) is 5.91 Å². The predicted octanol–water partition coefficient (Wildman–Crippen LogP) is 1.60. The van der Waals surface area contributed by atoms with E-state index in [-0.39, 0.29) is 11.9 Å². The molecular weight excluding hydrogens is 256 g/mol. The third-order valence-corrected chi connectivity index (χ3v) is 3.46. The van der Waals surface area contributed by atoms with Gasteiger partial charge in [-0.1, -0.05) is 6.92 Å². The summed E-state index contributed by atoms with van der Waals surface area (Å²) in [6, 6.07) is 4.01. The maximum Gasteiger partial charge on any atom is 0.272 e. The molecule has 0 bridgehead atoms. The first-order valence-electron chi connectivity index (χ1n) is 7.18. The summed E-state index contributed by atoms with van der Waals surface area (Å²) in [6.45, 7) is 5.58. The monoisotopic (exact) mass is 278 g/mol. The van der Waals surface area contributed by atoms with Gasteiger partial charge in [-0.05, 0) is 38.3 Å². The number of aromatic nitrogens is 2. The van der Waals surface area contributed by atoms with Crippen LogP contribution in [0.1, 0.15) is 43.6 Å². The van der Waals surface area contributed by atoms with Crippen molar-refractivity contribution < 1.29 is 9.53 Å². The second-order valence-corrected chi connectivity index (χ2v) is 5.12. The minimum Gasteiger partial charge on any atom is -0.381 e. The van der Waals surface area contributed by atoms with E-state index in [0.717, 1.165) is 19.3 Å². The Labute approximate surface area is 119 Å². The van der Waals surface area contributed by atoms with Crippen LogP contribution in [0.25, 0.3) is 0 Å². The Balaban J connectivity index is 1.89. The van der Waals surface area contributed by atoms with E-state index in [4.69, 9.17) is 4.74 Å². The second-order valence-electron chi connectivity index (χ2n) is 5.12. The van der Waals surface area contributed by atoms with Gasteiger partial charge in [0.1, 0.15) is 5.82 Å². The highest BCUT2D eigenvalue weighted by atomic mass is 16.5. The predicted molar refractivity (Wildman–Crippen MR) is 76.7 cm³/mol. The quantitative estimate of drug-likeness (QED) is 0.855. The van der Waals surface area contributed by atoms with Gasteiger partial charge in [-0.2, -0.15) is 0 Å². The van der Waals surface area contributed by atoms with E-state index >= 15 is 0 Å². The third-order valence-electron chi connectivity index (χ3n) is 3.46. The lowest BCUT2D eigenvalue weighted by Crippen LogP contribution is -2.39. The molecule has 0 aliphatic carbocycles. The van der Waals surface area contributed by atoms with Gasteiger partial charge in [0.05, 0.1) is 0 Å². The molecule has 0 aromatic carbocycles. The normalized spacial score (nSPS) is 17.5. The summed E-state index contributed by atoms with van der Waals surface area (Å²) in [5, 5.41) is 14.2. The van der Waals surface area contributed by atoms with E-state index in [9.17, 15) is 4.79 Å². The number of hydrogen-bond donors (Lipinski definition) is 2. The Kier molecular flexibility index (Phi) is 5.29. The summed E-state index contributed by atoms with van der Waals surface area (Å²) in [5.41, 5.74) is 0.353.